The van der Waals surface area contributed by atoms with E-state index in [2.05, 4.69) is 48.0 Å². The molecule has 336 valence electrons. The molecule has 1 fully saturated rings. The van der Waals surface area contributed by atoms with Crippen molar-refractivity contribution in [1.29, 1.82) is 0 Å². The van der Waals surface area contributed by atoms with Gasteiger partial charge < -0.3 is 10.2 Å². The lowest BCUT2D eigenvalue weighted by Crippen LogP contribution is -2.46. The van der Waals surface area contributed by atoms with Crippen molar-refractivity contribution in [2.45, 2.75) is 71.1 Å². The molecular formula is C44H48Cl2F3N7O4S3. The molecule has 0 amide bonds. The van der Waals surface area contributed by atoms with Crippen LogP contribution in [0.5, 0.6) is 0 Å². The van der Waals surface area contributed by atoms with Crippen molar-refractivity contribution < 1.29 is 30.0 Å². The number of alkyl halides is 3. The third-order valence-electron chi connectivity index (χ3n) is 11.3. The van der Waals surface area contributed by atoms with Crippen molar-refractivity contribution in [1.82, 2.24) is 24.7 Å². The molecule has 1 unspecified atom stereocenters. The molecule has 0 aliphatic carbocycles. The molecule has 11 nitrogen and oxygen atoms in total. The second kappa shape index (κ2) is 20.1. The fourth-order valence-corrected chi connectivity index (χ4v) is 11.5. The van der Waals surface area contributed by atoms with Crippen LogP contribution in [-0.4, -0.2) is 105 Å². The maximum atomic E-state index is 14.2. The minimum Gasteiger partial charge on any atom is -0.380 e. The summed E-state index contributed by atoms with van der Waals surface area (Å²) in [5.41, 5.74) is -1.32. The van der Waals surface area contributed by atoms with Gasteiger partial charge in [-0.15, -0.1) is 11.8 Å². The maximum absolute atomic E-state index is 14.2. The fraction of sp³-hybridized carbons (Fsp3) is 0.364. The summed E-state index contributed by atoms with van der Waals surface area (Å²) in [5, 5.41) is 4.17. The van der Waals surface area contributed by atoms with Crippen molar-refractivity contribution in [3.05, 3.63) is 124 Å². The van der Waals surface area contributed by atoms with E-state index in [9.17, 15) is 30.0 Å². The number of aromatic nitrogens is 2. The standard InChI is InChI=1S/C44H48Cl2F3N7O4S3/c1-54(2)21-17-33(28-61-41-10-6-5-9-38(41)46)52-39-16-15-35(25-42(39)62(57,58)44(47,48)49)63(59,60)53-43-37-20-24-56(27-40(37)50-29-51-43)34-18-22-55(23-19-34)26-31-7-3-4-8-36(31)30-11-13-32(45)14-12-30/h3-16,25,29,33-34,52H,17-24,26-28H2,1-2H3,(H,50,51,53). The molecule has 2 aliphatic heterocycles. The molecule has 63 heavy (non-hydrogen) atoms. The van der Waals surface area contributed by atoms with E-state index < -0.39 is 41.2 Å². The van der Waals surface area contributed by atoms with Crippen molar-refractivity contribution >= 4 is 66.3 Å². The number of sulfone groups is 1. The number of benzene rings is 4. The monoisotopic (exact) mass is 961 g/mol. The summed E-state index contributed by atoms with van der Waals surface area (Å²) in [6, 6.07) is 25.8. The zero-order chi connectivity index (χ0) is 44.9. The van der Waals surface area contributed by atoms with Gasteiger partial charge in [0.15, 0.2) is 0 Å². The van der Waals surface area contributed by atoms with Gasteiger partial charge in [-0.3, -0.25) is 14.5 Å². The Morgan fingerprint density at radius 3 is 2.33 bits per heavy atom. The van der Waals surface area contributed by atoms with Crippen LogP contribution in [0.15, 0.2) is 112 Å². The summed E-state index contributed by atoms with van der Waals surface area (Å²) in [5.74, 6) is 0.317. The Morgan fingerprint density at radius 1 is 0.905 bits per heavy atom. The van der Waals surface area contributed by atoms with Gasteiger partial charge in [0.2, 0.25) is 0 Å². The van der Waals surface area contributed by atoms with Gasteiger partial charge in [0.05, 0.1) is 21.3 Å². The molecule has 1 saturated heterocycles. The van der Waals surface area contributed by atoms with Gasteiger partial charge >= 0.3 is 5.51 Å². The Bertz CT molecular complexity index is 2620. The van der Waals surface area contributed by atoms with E-state index in [0.29, 0.717) is 65.6 Å². The average molecular weight is 963 g/mol. The third-order valence-corrected chi connectivity index (χ3v) is 16.1. The van der Waals surface area contributed by atoms with Gasteiger partial charge in [-0.2, -0.15) is 13.2 Å². The number of nitrogens with one attached hydrogen (secondary N) is 2. The molecule has 3 heterocycles. The first kappa shape index (κ1) is 47.0. The summed E-state index contributed by atoms with van der Waals surface area (Å²) in [6.07, 6.45) is 3.98. The summed E-state index contributed by atoms with van der Waals surface area (Å²) in [4.78, 5) is 14.3. The van der Waals surface area contributed by atoms with E-state index in [0.717, 1.165) is 55.1 Å². The maximum Gasteiger partial charge on any atom is 0.501 e. The average Bonchev–Trinajstić information content (AvgIpc) is 3.25. The van der Waals surface area contributed by atoms with E-state index in [-0.39, 0.29) is 17.5 Å². The second-order valence-electron chi connectivity index (χ2n) is 15.9. The van der Waals surface area contributed by atoms with Crippen molar-refractivity contribution in [2.24, 2.45) is 0 Å². The van der Waals surface area contributed by atoms with E-state index in [1.54, 1.807) is 18.2 Å². The number of halogens is 5. The van der Waals surface area contributed by atoms with Crippen LogP contribution in [0.1, 0.15) is 36.1 Å². The van der Waals surface area contributed by atoms with Gasteiger partial charge in [0, 0.05) is 53.0 Å². The van der Waals surface area contributed by atoms with E-state index in [1.807, 2.05) is 55.4 Å². The molecule has 0 radical (unpaired) electrons. The van der Waals surface area contributed by atoms with Crippen LogP contribution in [0.2, 0.25) is 10.0 Å². The largest absolute Gasteiger partial charge is 0.501 e. The van der Waals surface area contributed by atoms with E-state index >= 15 is 0 Å². The summed E-state index contributed by atoms with van der Waals surface area (Å²) in [7, 11) is -6.96. The highest BCUT2D eigenvalue weighted by Crippen LogP contribution is 2.38. The molecular weight excluding hydrogens is 915 g/mol. The SMILES string of the molecule is CN(C)CCC(CSc1ccccc1Cl)Nc1ccc(S(=O)(=O)Nc2ncnc3c2CCN(C2CCN(Cc4ccccc4-c4ccc(Cl)cc4)CC2)C3)cc1S(=O)(=O)C(F)(F)F. The molecule has 19 heteroatoms. The van der Waals surface area contributed by atoms with Crippen molar-refractivity contribution in [3.8, 4) is 11.1 Å². The quantitative estimate of drug-likeness (QED) is 0.0920. The topological polar surface area (TPSA) is 128 Å². The number of thioether (sulfide) groups is 1. The van der Waals surface area contributed by atoms with E-state index in [1.165, 1.54) is 29.2 Å². The van der Waals surface area contributed by atoms with Gasteiger partial charge in [0.25, 0.3) is 19.9 Å². The molecule has 4 aromatic carbocycles. The lowest BCUT2D eigenvalue weighted by molar-refractivity contribution is -0.0435. The Balaban J connectivity index is 1.04. The Morgan fingerprint density at radius 2 is 1.62 bits per heavy atom. The highest BCUT2D eigenvalue weighted by Gasteiger charge is 2.48. The predicted octanol–water partition coefficient (Wildman–Crippen LogP) is 9.09. The highest BCUT2D eigenvalue weighted by atomic mass is 35.5. The number of fused-ring (bicyclic) bond motifs is 1. The predicted molar refractivity (Wildman–Crippen MR) is 245 cm³/mol. The minimum atomic E-state index is -6.01. The summed E-state index contributed by atoms with van der Waals surface area (Å²) >= 11 is 13.8. The van der Waals surface area contributed by atoms with Gasteiger partial charge in [0.1, 0.15) is 17.0 Å². The lowest BCUT2D eigenvalue weighted by Gasteiger charge is -2.40. The van der Waals surface area contributed by atoms with Crippen LogP contribution in [0.3, 0.4) is 0 Å². The molecule has 2 N–H and O–H groups in total. The minimum absolute atomic E-state index is 0.00315. The van der Waals surface area contributed by atoms with Crippen LogP contribution in [-0.2, 0) is 39.4 Å². The molecule has 5 aromatic rings. The number of anilines is 2. The fourth-order valence-electron chi connectivity index (χ4n) is 7.93. The number of hydrogen-bond acceptors (Lipinski definition) is 11. The zero-order valence-corrected chi connectivity index (χ0v) is 38.6. The van der Waals surface area contributed by atoms with Crippen molar-refractivity contribution in [3.63, 3.8) is 0 Å². The smallest absolute Gasteiger partial charge is 0.380 e. The zero-order valence-electron chi connectivity index (χ0n) is 34.7. The second-order valence-corrected chi connectivity index (χ2v) is 21.4. The lowest BCUT2D eigenvalue weighted by atomic mass is 9.96. The Labute approximate surface area is 381 Å². The Hall–Kier alpha value is -3.94. The van der Waals surface area contributed by atoms with Crippen LogP contribution in [0, 0.1) is 0 Å². The molecule has 1 aromatic heterocycles. The molecule has 0 spiro atoms. The normalized spacial score (nSPS) is 16.2. The first-order valence-electron chi connectivity index (χ1n) is 20.4. The number of sulfonamides is 1. The molecule has 2 aliphatic rings. The first-order valence-corrected chi connectivity index (χ1v) is 25.1. The summed E-state index contributed by atoms with van der Waals surface area (Å²) in [6.45, 7) is 4.23. The van der Waals surface area contributed by atoms with Crippen molar-refractivity contribution in [2.75, 3.05) is 56.1 Å². The number of likely N-dealkylation sites (tertiary alicyclic amines) is 1. The molecule has 1 atom stereocenters. The van der Waals surface area contributed by atoms with Crippen LogP contribution < -0.4 is 10.0 Å². The first-order chi connectivity index (χ1) is 30.0. The number of piperidine rings is 1. The number of nitrogens with zero attached hydrogens (tertiary/aromatic N) is 5. The summed E-state index contributed by atoms with van der Waals surface area (Å²) < 4.78 is 98.9. The van der Waals surface area contributed by atoms with Crippen LogP contribution in [0.25, 0.3) is 11.1 Å². The molecule has 7 rings (SSSR count). The van der Waals surface area contributed by atoms with Gasteiger partial charge in [-0.05, 0) is 119 Å². The van der Waals surface area contributed by atoms with Crippen LogP contribution >= 0.6 is 35.0 Å². The van der Waals surface area contributed by atoms with Crippen LogP contribution in [0.4, 0.5) is 24.7 Å². The Kier molecular flexibility index (Phi) is 15.0. The molecule has 0 saturated carbocycles. The number of rotatable bonds is 16. The molecule has 0 bridgehead atoms. The van der Waals surface area contributed by atoms with Gasteiger partial charge in [-0.25, -0.2) is 26.8 Å². The number of hydrogen-bond donors (Lipinski definition) is 2. The highest BCUT2D eigenvalue weighted by molar-refractivity contribution is 7.99. The third kappa shape index (κ3) is 11.5. The van der Waals surface area contributed by atoms with E-state index in [4.69, 9.17) is 23.2 Å². The van der Waals surface area contributed by atoms with Gasteiger partial charge in [-0.1, -0.05) is 71.7 Å².